The molecule has 3 heteroatoms. The number of likely N-dealkylation sites (N-methyl/N-ethyl adjacent to an activating group) is 1. The molecule has 1 unspecified atom stereocenters. The van der Waals surface area contributed by atoms with Crippen molar-refractivity contribution in [2.24, 2.45) is 0 Å². The molecule has 0 saturated carbocycles. The number of amides is 1. The van der Waals surface area contributed by atoms with E-state index in [4.69, 9.17) is 0 Å². The molecule has 1 atom stereocenters. The lowest BCUT2D eigenvalue weighted by Crippen LogP contribution is -2.43. The summed E-state index contributed by atoms with van der Waals surface area (Å²) >= 11 is 0. The highest BCUT2D eigenvalue weighted by molar-refractivity contribution is 5.81. The van der Waals surface area contributed by atoms with E-state index in [1.54, 1.807) is 7.05 Å². The molecular formula is C15H32N2O. The van der Waals surface area contributed by atoms with E-state index < -0.39 is 0 Å². The SMILES string of the molecule is CCCCCCCC(NCCCCC)C(=O)NC. The lowest BCUT2D eigenvalue weighted by atomic mass is 10.1. The van der Waals surface area contributed by atoms with Crippen molar-refractivity contribution < 1.29 is 4.79 Å². The molecule has 0 spiro atoms. The molecule has 2 N–H and O–H groups in total. The van der Waals surface area contributed by atoms with E-state index in [1.807, 2.05) is 0 Å². The van der Waals surface area contributed by atoms with Crippen LogP contribution in [0.4, 0.5) is 0 Å². The molecule has 3 nitrogen and oxygen atoms in total. The Hall–Kier alpha value is -0.570. The first-order valence-electron chi connectivity index (χ1n) is 7.71. The van der Waals surface area contributed by atoms with Gasteiger partial charge in [0.2, 0.25) is 5.91 Å². The quantitative estimate of drug-likeness (QED) is 0.526. The summed E-state index contributed by atoms with van der Waals surface area (Å²) in [5, 5.41) is 6.14. The van der Waals surface area contributed by atoms with Crippen LogP contribution in [0.15, 0.2) is 0 Å². The zero-order valence-electron chi connectivity index (χ0n) is 12.6. The van der Waals surface area contributed by atoms with Crippen molar-refractivity contribution in [2.45, 2.75) is 77.7 Å². The summed E-state index contributed by atoms with van der Waals surface area (Å²) in [6.45, 7) is 5.38. The van der Waals surface area contributed by atoms with Crippen LogP contribution >= 0.6 is 0 Å². The highest BCUT2D eigenvalue weighted by Gasteiger charge is 2.15. The second-order valence-electron chi connectivity index (χ2n) is 5.03. The van der Waals surface area contributed by atoms with Crippen LogP contribution in [0.5, 0.6) is 0 Å². The van der Waals surface area contributed by atoms with Crippen molar-refractivity contribution in [3.63, 3.8) is 0 Å². The molecule has 0 rings (SSSR count). The van der Waals surface area contributed by atoms with Gasteiger partial charge in [0.05, 0.1) is 6.04 Å². The Bertz CT molecular complexity index is 195. The third-order valence-electron chi connectivity index (χ3n) is 3.33. The zero-order valence-corrected chi connectivity index (χ0v) is 12.6. The van der Waals surface area contributed by atoms with Crippen molar-refractivity contribution in [1.29, 1.82) is 0 Å². The second-order valence-corrected chi connectivity index (χ2v) is 5.03. The van der Waals surface area contributed by atoms with Crippen molar-refractivity contribution in [1.82, 2.24) is 10.6 Å². The molecule has 0 saturated heterocycles. The minimum atomic E-state index is 0.00785. The van der Waals surface area contributed by atoms with Crippen molar-refractivity contribution in [2.75, 3.05) is 13.6 Å². The number of hydrogen-bond donors (Lipinski definition) is 2. The number of hydrogen-bond acceptors (Lipinski definition) is 2. The van der Waals surface area contributed by atoms with Gasteiger partial charge in [-0.15, -0.1) is 0 Å². The molecule has 108 valence electrons. The summed E-state index contributed by atoms with van der Waals surface area (Å²) in [6, 6.07) is 0.00785. The average molecular weight is 256 g/mol. The zero-order chi connectivity index (χ0) is 13.6. The van der Waals surface area contributed by atoms with Gasteiger partial charge in [-0.2, -0.15) is 0 Å². The van der Waals surface area contributed by atoms with E-state index in [-0.39, 0.29) is 11.9 Å². The van der Waals surface area contributed by atoms with E-state index in [0.29, 0.717) is 0 Å². The van der Waals surface area contributed by atoms with E-state index in [0.717, 1.165) is 19.4 Å². The molecule has 0 aromatic heterocycles. The van der Waals surface area contributed by atoms with Crippen molar-refractivity contribution in [3.8, 4) is 0 Å². The van der Waals surface area contributed by atoms with Gasteiger partial charge < -0.3 is 10.6 Å². The summed E-state index contributed by atoms with van der Waals surface area (Å²) in [6.07, 6.45) is 10.9. The molecule has 0 aromatic rings. The Morgan fingerprint density at radius 3 is 2.17 bits per heavy atom. The largest absolute Gasteiger partial charge is 0.358 e. The summed E-state index contributed by atoms with van der Waals surface area (Å²) in [4.78, 5) is 11.7. The van der Waals surface area contributed by atoms with E-state index >= 15 is 0 Å². The summed E-state index contributed by atoms with van der Waals surface area (Å²) in [5.41, 5.74) is 0. The molecule has 0 radical (unpaired) electrons. The molecule has 0 aromatic carbocycles. The van der Waals surface area contributed by atoms with Gasteiger partial charge in [-0.05, 0) is 19.4 Å². The topological polar surface area (TPSA) is 41.1 Å². The smallest absolute Gasteiger partial charge is 0.236 e. The Balaban J connectivity index is 3.74. The van der Waals surface area contributed by atoms with Gasteiger partial charge in [-0.1, -0.05) is 58.8 Å². The van der Waals surface area contributed by atoms with Crippen LogP contribution in [-0.2, 0) is 4.79 Å². The van der Waals surface area contributed by atoms with Crippen LogP contribution in [0, 0.1) is 0 Å². The maximum absolute atomic E-state index is 11.7. The van der Waals surface area contributed by atoms with E-state index in [2.05, 4.69) is 24.5 Å². The van der Waals surface area contributed by atoms with Gasteiger partial charge in [0, 0.05) is 7.05 Å². The van der Waals surface area contributed by atoms with Crippen molar-refractivity contribution in [3.05, 3.63) is 0 Å². The molecule has 0 heterocycles. The van der Waals surface area contributed by atoms with Crippen LogP contribution in [0.3, 0.4) is 0 Å². The summed E-state index contributed by atoms with van der Waals surface area (Å²) < 4.78 is 0. The Kier molecular flexibility index (Phi) is 12.5. The van der Waals surface area contributed by atoms with Crippen LogP contribution in [0.25, 0.3) is 0 Å². The standard InChI is InChI=1S/C15H32N2O/c1-4-6-8-9-10-12-14(15(18)16-3)17-13-11-7-5-2/h14,17H,4-13H2,1-3H3,(H,16,18). The fourth-order valence-electron chi connectivity index (χ4n) is 2.10. The van der Waals surface area contributed by atoms with Gasteiger partial charge in [0.15, 0.2) is 0 Å². The van der Waals surface area contributed by atoms with E-state index in [1.165, 1.54) is 44.9 Å². The molecule has 1 amide bonds. The van der Waals surface area contributed by atoms with Gasteiger partial charge in [0.25, 0.3) is 0 Å². The molecular weight excluding hydrogens is 224 g/mol. The van der Waals surface area contributed by atoms with E-state index in [9.17, 15) is 4.79 Å². The first-order chi connectivity index (χ1) is 8.76. The number of rotatable bonds is 12. The highest BCUT2D eigenvalue weighted by atomic mass is 16.2. The Morgan fingerprint density at radius 1 is 0.944 bits per heavy atom. The van der Waals surface area contributed by atoms with Crippen LogP contribution in [-0.4, -0.2) is 25.5 Å². The monoisotopic (exact) mass is 256 g/mol. The predicted molar refractivity (Wildman–Crippen MR) is 78.8 cm³/mol. The molecule has 0 fully saturated rings. The number of carbonyl (C=O) groups excluding carboxylic acids is 1. The third kappa shape index (κ3) is 9.46. The molecule has 0 aliphatic heterocycles. The summed E-state index contributed by atoms with van der Waals surface area (Å²) in [7, 11) is 1.72. The molecule has 0 bridgehead atoms. The molecule has 0 aliphatic rings. The predicted octanol–water partition coefficient (Wildman–Crippen LogP) is 3.24. The van der Waals surface area contributed by atoms with Gasteiger partial charge >= 0.3 is 0 Å². The van der Waals surface area contributed by atoms with Crippen LogP contribution in [0.1, 0.15) is 71.6 Å². The van der Waals surface area contributed by atoms with Gasteiger partial charge in [0.1, 0.15) is 0 Å². The highest BCUT2D eigenvalue weighted by Crippen LogP contribution is 2.07. The van der Waals surface area contributed by atoms with Crippen LogP contribution in [0.2, 0.25) is 0 Å². The number of carbonyl (C=O) groups is 1. The minimum Gasteiger partial charge on any atom is -0.358 e. The number of nitrogens with one attached hydrogen (secondary N) is 2. The number of unbranched alkanes of at least 4 members (excludes halogenated alkanes) is 6. The average Bonchev–Trinajstić information content (AvgIpc) is 2.40. The maximum Gasteiger partial charge on any atom is 0.236 e. The Morgan fingerprint density at radius 2 is 1.56 bits per heavy atom. The lowest BCUT2D eigenvalue weighted by Gasteiger charge is -2.17. The summed E-state index contributed by atoms with van der Waals surface area (Å²) in [5.74, 6) is 0.141. The first kappa shape index (κ1) is 17.4. The fourth-order valence-corrected chi connectivity index (χ4v) is 2.10. The second kappa shape index (κ2) is 12.9. The first-order valence-corrected chi connectivity index (χ1v) is 7.71. The third-order valence-corrected chi connectivity index (χ3v) is 3.33. The van der Waals surface area contributed by atoms with Gasteiger partial charge in [-0.25, -0.2) is 0 Å². The van der Waals surface area contributed by atoms with Gasteiger partial charge in [-0.3, -0.25) is 4.79 Å². The van der Waals surface area contributed by atoms with Crippen molar-refractivity contribution >= 4 is 5.91 Å². The normalized spacial score (nSPS) is 12.4. The molecule has 0 aliphatic carbocycles. The minimum absolute atomic E-state index is 0.00785. The lowest BCUT2D eigenvalue weighted by molar-refractivity contribution is -0.122. The fraction of sp³-hybridized carbons (Fsp3) is 0.933. The Labute approximate surface area is 113 Å². The maximum atomic E-state index is 11.7. The van der Waals surface area contributed by atoms with Crippen LogP contribution < -0.4 is 10.6 Å². The molecule has 18 heavy (non-hydrogen) atoms.